The molecule has 0 saturated carbocycles. The molecule has 2 aliphatic carbocycles. The van der Waals surface area contributed by atoms with Gasteiger partial charge in [0.25, 0.3) is 6.71 Å². The molecule has 550 valence electrons. The number of fused-ring (bicyclic) bond motifs is 12. The number of nitrogens with zero attached hydrogens (tertiary/aromatic N) is 4. The second-order valence-electron chi connectivity index (χ2n) is 38.8. The maximum atomic E-state index is 2.66. The van der Waals surface area contributed by atoms with E-state index in [1.54, 1.807) is 0 Å². The molecule has 0 spiro atoms. The first kappa shape index (κ1) is 70.5. The Labute approximate surface area is 658 Å². The van der Waals surface area contributed by atoms with E-state index in [-0.39, 0.29) is 44.6 Å². The second kappa shape index (κ2) is 24.8. The lowest BCUT2D eigenvalue weighted by atomic mass is 9.33. The first-order valence-corrected chi connectivity index (χ1v) is 40.7. The molecule has 0 bridgehead atoms. The molecule has 4 nitrogen and oxygen atoms in total. The summed E-state index contributed by atoms with van der Waals surface area (Å²) in [5.74, 6) is 0. The van der Waals surface area contributed by atoms with E-state index in [9.17, 15) is 0 Å². The SMILES string of the molecule is CC(C)(C)c1cc(-c2ccc3c(c2)N(c2ccc(-c4ccc5c(c4)C(C)(C)CCC5(C)C)cc2)c2cc(-n4c5ccccc5c5cc(-c6ccccc6)ccc54)cc4c2B3c2ccc(-n3c5ccccc5c5cc(C(C)(C)C)ccc53)cc2N4c2ccc(-c3ccc4c(c3)C(C)(C)CCC4(C)C)cc2)cc(C(C)(C)C)c1. The number of benzene rings is 13. The highest BCUT2D eigenvalue weighted by Gasteiger charge is 2.46. The molecule has 0 saturated heterocycles. The number of para-hydroxylation sites is 2. The average Bonchev–Trinajstić information content (AvgIpc) is 1.19. The zero-order valence-electron chi connectivity index (χ0n) is 68.1. The normalized spacial score (nSPS) is 16.1. The maximum absolute atomic E-state index is 2.66. The van der Waals surface area contributed by atoms with Gasteiger partial charge in [0.05, 0.1) is 27.8 Å². The number of anilines is 6. The highest BCUT2D eigenvalue weighted by atomic mass is 15.2. The Kier molecular flexibility index (Phi) is 15.8. The van der Waals surface area contributed by atoms with Crippen LogP contribution in [0.25, 0.3) is 99.5 Å². The predicted molar refractivity (Wildman–Crippen MR) is 478 cm³/mol. The summed E-state index contributed by atoms with van der Waals surface area (Å²) in [7, 11) is 0. The smallest absolute Gasteiger partial charge is 0.252 e. The standard InChI is InChI=1S/C106H103BN4/c1-100(2,3)74-39-50-94-84(62-74)82-28-22-23-29-91(82)110(94)79-44-48-90-96(63-79)109(78-42-33-68(34-43-78)71-36-46-86-88(59-71)106(16,17)54-52-104(86,12)13)98-65-80(111-92-30-24-21-27-81(92)83-57-69(38-49-93(83)111)66-25-19-18-20-26-66)64-97-99(98)107(90)89-47-37-72(73-55-75(101(4,5)6)61-76(56-73)102(7,8)9)60-95(89)108(97)77-40-31-67(32-41-77)70-35-45-85-87(58-70)105(14,15)53-51-103(85,10)11/h18-50,55-65H,51-54H2,1-17H3. The Morgan fingerprint density at radius 1 is 0.252 bits per heavy atom. The third kappa shape index (κ3) is 11.5. The molecular weight excluding hydrogens is 1340 g/mol. The van der Waals surface area contributed by atoms with E-state index in [0.717, 1.165) is 57.3 Å². The van der Waals surface area contributed by atoms with Crippen LogP contribution in [0.3, 0.4) is 0 Å². The van der Waals surface area contributed by atoms with Gasteiger partial charge in [0.15, 0.2) is 0 Å². The minimum absolute atomic E-state index is 0.0265. The van der Waals surface area contributed by atoms with Crippen LogP contribution < -0.4 is 26.2 Å². The van der Waals surface area contributed by atoms with Crippen molar-refractivity contribution in [3.05, 3.63) is 306 Å². The van der Waals surface area contributed by atoms with Gasteiger partial charge in [0.2, 0.25) is 0 Å². The third-order valence-corrected chi connectivity index (χ3v) is 26.5. The summed E-state index contributed by atoms with van der Waals surface area (Å²) < 4.78 is 5.10. The van der Waals surface area contributed by atoms with Crippen LogP contribution in [0, 0.1) is 0 Å². The summed E-state index contributed by atoms with van der Waals surface area (Å²) in [6.07, 6.45) is 4.69. The van der Waals surface area contributed by atoms with Gasteiger partial charge in [-0.05, 0) is 254 Å². The van der Waals surface area contributed by atoms with E-state index in [2.05, 4.69) is 404 Å². The Balaban J connectivity index is 0.905. The number of rotatable bonds is 8. The van der Waals surface area contributed by atoms with Gasteiger partial charge in [-0.2, -0.15) is 0 Å². The molecule has 2 aliphatic heterocycles. The lowest BCUT2D eigenvalue weighted by Gasteiger charge is -2.45. The molecule has 13 aromatic carbocycles. The maximum Gasteiger partial charge on any atom is 0.252 e. The molecule has 111 heavy (non-hydrogen) atoms. The average molecular weight is 1440 g/mol. The van der Waals surface area contributed by atoms with Crippen molar-refractivity contribution in [2.45, 2.75) is 181 Å². The molecule has 0 fully saturated rings. The third-order valence-electron chi connectivity index (χ3n) is 26.5. The van der Waals surface area contributed by atoms with Crippen LogP contribution in [0.2, 0.25) is 0 Å². The van der Waals surface area contributed by atoms with E-state index in [1.807, 2.05) is 0 Å². The fraction of sp³-hybridized carbons (Fsp3) is 0.264. The fourth-order valence-electron chi connectivity index (χ4n) is 19.5. The Morgan fingerprint density at radius 2 is 0.622 bits per heavy atom. The van der Waals surface area contributed by atoms with E-state index < -0.39 is 0 Å². The van der Waals surface area contributed by atoms with Crippen LogP contribution >= 0.6 is 0 Å². The molecule has 19 rings (SSSR count). The topological polar surface area (TPSA) is 16.3 Å². The van der Waals surface area contributed by atoms with Gasteiger partial charge < -0.3 is 18.9 Å². The summed E-state index contributed by atoms with van der Waals surface area (Å²) >= 11 is 0. The number of hydrogen-bond acceptors (Lipinski definition) is 2. The van der Waals surface area contributed by atoms with Crippen LogP contribution in [-0.4, -0.2) is 15.8 Å². The Morgan fingerprint density at radius 3 is 1.14 bits per heavy atom. The molecule has 0 amide bonds. The zero-order chi connectivity index (χ0) is 77.0. The molecule has 0 atom stereocenters. The minimum atomic E-state index is -0.181. The summed E-state index contributed by atoms with van der Waals surface area (Å²) in [5.41, 5.74) is 37.4. The van der Waals surface area contributed by atoms with E-state index in [1.165, 1.54) is 157 Å². The van der Waals surface area contributed by atoms with E-state index in [4.69, 9.17) is 0 Å². The molecule has 4 aliphatic rings. The van der Waals surface area contributed by atoms with Crippen LogP contribution in [0.4, 0.5) is 34.1 Å². The molecule has 0 radical (unpaired) electrons. The van der Waals surface area contributed by atoms with Crippen LogP contribution in [-0.2, 0) is 37.9 Å². The largest absolute Gasteiger partial charge is 0.311 e. The first-order chi connectivity index (χ1) is 52.9. The summed E-state index contributed by atoms with van der Waals surface area (Å²) in [5, 5.41) is 4.96. The lowest BCUT2D eigenvalue weighted by molar-refractivity contribution is 0.332. The van der Waals surface area contributed by atoms with Crippen LogP contribution in [0.1, 0.15) is 182 Å². The molecule has 0 unspecified atom stereocenters. The monoisotopic (exact) mass is 1440 g/mol. The van der Waals surface area contributed by atoms with Gasteiger partial charge in [-0.25, -0.2) is 0 Å². The molecule has 5 heteroatoms. The molecule has 0 N–H and O–H groups in total. The van der Waals surface area contributed by atoms with Crippen LogP contribution in [0.5, 0.6) is 0 Å². The summed E-state index contributed by atoms with van der Waals surface area (Å²) in [4.78, 5) is 5.31. The van der Waals surface area contributed by atoms with Crippen molar-refractivity contribution < 1.29 is 0 Å². The van der Waals surface area contributed by atoms with Crippen molar-refractivity contribution in [1.29, 1.82) is 0 Å². The molecule has 4 heterocycles. The molecule has 15 aromatic rings. The molecule has 2 aromatic heterocycles. The highest BCUT2D eigenvalue weighted by molar-refractivity contribution is 7.00. The van der Waals surface area contributed by atoms with E-state index in [0.29, 0.717) is 0 Å². The van der Waals surface area contributed by atoms with Crippen molar-refractivity contribution in [1.82, 2.24) is 9.13 Å². The van der Waals surface area contributed by atoms with Crippen molar-refractivity contribution in [2.24, 2.45) is 0 Å². The predicted octanol–water partition coefficient (Wildman–Crippen LogP) is 27.2. The van der Waals surface area contributed by atoms with E-state index >= 15 is 0 Å². The van der Waals surface area contributed by atoms with Gasteiger partial charge in [-0.1, -0.05) is 294 Å². The first-order valence-electron chi connectivity index (χ1n) is 40.7. The van der Waals surface area contributed by atoms with Crippen molar-refractivity contribution in [3.8, 4) is 55.9 Å². The summed E-state index contributed by atoms with van der Waals surface area (Å²) in [6, 6.07) is 105. The minimum Gasteiger partial charge on any atom is -0.311 e. The number of hydrogen-bond donors (Lipinski definition) is 0. The quantitative estimate of drug-likeness (QED) is 0.141. The van der Waals surface area contributed by atoms with Gasteiger partial charge in [0.1, 0.15) is 0 Å². The van der Waals surface area contributed by atoms with Crippen molar-refractivity contribution >= 4 is 101 Å². The summed E-state index contributed by atoms with van der Waals surface area (Å²) in [6.45, 7) is 40.5. The van der Waals surface area contributed by atoms with Gasteiger partial charge in [0, 0.05) is 61.4 Å². The van der Waals surface area contributed by atoms with Crippen molar-refractivity contribution in [3.63, 3.8) is 0 Å². The Hall–Kier alpha value is -10.9. The van der Waals surface area contributed by atoms with Crippen LogP contribution in [0.15, 0.2) is 267 Å². The van der Waals surface area contributed by atoms with Gasteiger partial charge in [-0.3, -0.25) is 0 Å². The number of aromatic nitrogens is 2. The highest BCUT2D eigenvalue weighted by Crippen LogP contribution is 2.53. The Bertz CT molecular complexity index is 6290. The van der Waals surface area contributed by atoms with Gasteiger partial charge in [-0.15, -0.1) is 0 Å². The van der Waals surface area contributed by atoms with Gasteiger partial charge >= 0.3 is 0 Å². The fourth-order valence-corrected chi connectivity index (χ4v) is 19.5. The second-order valence-corrected chi connectivity index (χ2v) is 38.8. The zero-order valence-corrected chi connectivity index (χ0v) is 68.1. The molecular formula is C106H103BN4. The van der Waals surface area contributed by atoms with Crippen molar-refractivity contribution in [2.75, 3.05) is 9.80 Å². The lowest BCUT2D eigenvalue weighted by Crippen LogP contribution is -2.61.